The van der Waals surface area contributed by atoms with E-state index in [1.54, 1.807) is 0 Å². The van der Waals surface area contributed by atoms with Gasteiger partial charge in [-0.1, -0.05) is 52.3 Å². The van der Waals surface area contributed by atoms with Crippen LogP contribution in [0.25, 0.3) is 0 Å². The van der Waals surface area contributed by atoms with Crippen LogP contribution in [0.15, 0.2) is 53.0 Å². The average molecular weight is 291 g/mol. The number of aliphatic hydroxyl groups is 1. The zero-order valence-corrected chi connectivity index (χ0v) is 11.2. The van der Waals surface area contributed by atoms with Crippen molar-refractivity contribution in [2.45, 2.75) is 12.8 Å². The van der Waals surface area contributed by atoms with Gasteiger partial charge in [0.25, 0.3) is 0 Å². The molecule has 17 heavy (non-hydrogen) atoms. The third-order valence-corrected chi connectivity index (χ3v) is 3.34. The van der Waals surface area contributed by atoms with Crippen molar-refractivity contribution in [1.82, 2.24) is 0 Å². The lowest BCUT2D eigenvalue weighted by Gasteiger charge is -2.08. The maximum absolute atomic E-state index is 9.04. The number of rotatable bonds is 4. The van der Waals surface area contributed by atoms with Gasteiger partial charge in [-0.05, 0) is 41.7 Å². The molecule has 0 fully saturated rings. The molecule has 0 atom stereocenters. The van der Waals surface area contributed by atoms with Crippen LogP contribution >= 0.6 is 15.9 Å². The molecule has 0 aliphatic carbocycles. The molecule has 0 unspecified atom stereocenters. The highest BCUT2D eigenvalue weighted by Crippen LogP contribution is 2.17. The number of hydrogen-bond acceptors (Lipinski definition) is 1. The molecule has 0 aliphatic heterocycles. The van der Waals surface area contributed by atoms with Crippen LogP contribution in [0.5, 0.6) is 0 Å². The van der Waals surface area contributed by atoms with E-state index in [0.717, 1.165) is 17.3 Å². The molecular weight excluding hydrogens is 276 g/mol. The number of aliphatic hydroxyl groups excluding tert-OH is 1. The molecule has 0 heterocycles. The van der Waals surface area contributed by atoms with Gasteiger partial charge < -0.3 is 5.11 Å². The molecule has 1 N–H and O–H groups in total. The lowest BCUT2D eigenvalue weighted by atomic mass is 9.98. The fourth-order valence-electron chi connectivity index (χ4n) is 1.92. The Labute approximate surface area is 110 Å². The van der Waals surface area contributed by atoms with Gasteiger partial charge in [0.15, 0.2) is 0 Å². The minimum atomic E-state index is 0.206. The topological polar surface area (TPSA) is 20.2 Å². The molecule has 88 valence electrons. The number of benzene rings is 2. The van der Waals surface area contributed by atoms with Crippen LogP contribution in [0.4, 0.5) is 0 Å². The maximum atomic E-state index is 9.04. The number of halogens is 1. The predicted octanol–water partition coefficient (Wildman–Crippen LogP) is 3.57. The molecule has 1 nitrogen and oxygen atoms in total. The van der Waals surface area contributed by atoms with Crippen LogP contribution < -0.4 is 0 Å². The van der Waals surface area contributed by atoms with E-state index in [0.29, 0.717) is 0 Å². The van der Waals surface area contributed by atoms with Crippen molar-refractivity contribution in [2.24, 2.45) is 0 Å². The van der Waals surface area contributed by atoms with Crippen molar-refractivity contribution in [1.29, 1.82) is 0 Å². The predicted molar refractivity (Wildman–Crippen MR) is 74.2 cm³/mol. The van der Waals surface area contributed by atoms with Crippen LogP contribution in [0.1, 0.15) is 16.7 Å². The molecule has 0 radical (unpaired) electrons. The highest BCUT2D eigenvalue weighted by molar-refractivity contribution is 9.10. The minimum Gasteiger partial charge on any atom is -0.396 e. The third-order valence-electron chi connectivity index (χ3n) is 2.81. The van der Waals surface area contributed by atoms with Crippen molar-refractivity contribution in [3.63, 3.8) is 0 Å². The average Bonchev–Trinajstić information content (AvgIpc) is 2.35. The molecule has 2 heteroatoms. The van der Waals surface area contributed by atoms with E-state index in [2.05, 4.69) is 58.4 Å². The Morgan fingerprint density at radius 1 is 0.882 bits per heavy atom. The largest absolute Gasteiger partial charge is 0.396 e. The van der Waals surface area contributed by atoms with Gasteiger partial charge in [-0.15, -0.1) is 0 Å². The molecule has 0 amide bonds. The van der Waals surface area contributed by atoms with E-state index in [-0.39, 0.29) is 6.61 Å². The second kappa shape index (κ2) is 5.99. The maximum Gasteiger partial charge on any atom is 0.0471 e. The van der Waals surface area contributed by atoms with E-state index < -0.39 is 0 Å². The van der Waals surface area contributed by atoms with Crippen LogP contribution in [-0.4, -0.2) is 11.7 Å². The van der Waals surface area contributed by atoms with Gasteiger partial charge in [0.05, 0.1) is 0 Å². The summed E-state index contributed by atoms with van der Waals surface area (Å²) in [5, 5.41) is 9.04. The normalized spacial score (nSPS) is 10.5. The Bertz CT molecular complexity index is 477. The summed E-state index contributed by atoms with van der Waals surface area (Å²) in [6.07, 6.45) is 1.65. The summed E-state index contributed by atoms with van der Waals surface area (Å²) in [6.45, 7) is 0.206. The third kappa shape index (κ3) is 3.42. The molecule has 0 spiro atoms. The van der Waals surface area contributed by atoms with E-state index in [9.17, 15) is 0 Å². The van der Waals surface area contributed by atoms with Gasteiger partial charge in [-0.25, -0.2) is 0 Å². The van der Waals surface area contributed by atoms with Crippen molar-refractivity contribution in [2.75, 3.05) is 6.61 Å². The molecule has 2 rings (SSSR count). The highest BCUT2D eigenvalue weighted by atomic mass is 79.9. The van der Waals surface area contributed by atoms with Crippen molar-refractivity contribution in [3.8, 4) is 0 Å². The van der Waals surface area contributed by atoms with Gasteiger partial charge in [-0.2, -0.15) is 0 Å². The molecule has 0 saturated carbocycles. The second-order valence-corrected chi connectivity index (χ2v) is 4.96. The SMILES string of the molecule is OCCc1ccccc1Cc1ccc(Br)cc1. The Morgan fingerprint density at radius 3 is 2.18 bits per heavy atom. The second-order valence-electron chi connectivity index (χ2n) is 4.05. The van der Waals surface area contributed by atoms with Crippen molar-refractivity contribution in [3.05, 3.63) is 69.7 Å². The Morgan fingerprint density at radius 2 is 1.53 bits per heavy atom. The zero-order chi connectivity index (χ0) is 12.1. The highest BCUT2D eigenvalue weighted by Gasteiger charge is 2.02. The van der Waals surface area contributed by atoms with Crippen LogP contribution in [0.2, 0.25) is 0 Å². The minimum absolute atomic E-state index is 0.206. The number of hydrogen-bond donors (Lipinski definition) is 1. The van der Waals surface area contributed by atoms with Crippen LogP contribution in [0, 0.1) is 0 Å². The van der Waals surface area contributed by atoms with Crippen LogP contribution in [0.3, 0.4) is 0 Å². The lowest BCUT2D eigenvalue weighted by Crippen LogP contribution is -1.98. The van der Waals surface area contributed by atoms with Crippen molar-refractivity contribution < 1.29 is 5.11 Å². The smallest absolute Gasteiger partial charge is 0.0471 e. The summed E-state index contributed by atoms with van der Waals surface area (Å²) in [6, 6.07) is 16.7. The van der Waals surface area contributed by atoms with Crippen molar-refractivity contribution >= 4 is 15.9 Å². The Balaban J connectivity index is 2.20. The first-order chi connectivity index (χ1) is 8.29. The molecule has 0 bridgehead atoms. The quantitative estimate of drug-likeness (QED) is 0.913. The lowest BCUT2D eigenvalue weighted by molar-refractivity contribution is 0.299. The summed E-state index contributed by atoms with van der Waals surface area (Å²) in [5.74, 6) is 0. The van der Waals surface area contributed by atoms with Gasteiger partial charge in [0.1, 0.15) is 0 Å². The summed E-state index contributed by atoms with van der Waals surface area (Å²) in [7, 11) is 0. The van der Waals surface area contributed by atoms with Crippen LogP contribution in [-0.2, 0) is 12.8 Å². The first-order valence-corrected chi connectivity index (χ1v) is 6.51. The molecule has 0 saturated heterocycles. The standard InChI is InChI=1S/C15H15BrO/c16-15-7-5-12(6-8-15)11-14-4-2-1-3-13(14)9-10-17/h1-8,17H,9-11H2. The summed E-state index contributed by atoms with van der Waals surface area (Å²) in [5.41, 5.74) is 3.82. The van der Waals surface area contributed by atoms with Gasteiger partial charge in [-0.3, -0.25) is 0 Å². The summed E-state index contributed by atoms with van der Waals surface area (Å²) >= 11 is 3.44. The summed E-state index contributed by atoms with van der Waals surface area (Å²) < 4.78 is 1.10. The van der Waals surface area contributed by atoms with E-state index in [1.807, 2.05) is 6.07 Å². The fourth-order valence-corrected chi connectivity index (χ4v) is 2.18. The first kappa shape index (κ1) is 12.3. The van der Waals surface area contributed by atoms with Gasteiger partial charge >= 0.3 is 0 Å². The van der Waals surface area contributed by atoms with E-state index in [1.165, 1.54) is 16.7 Å². The summed E-state index contributed by atoms with van der Waals surface area (Å²) in [4.78, 5) is 0. The van der Waals surface area contributed by atoms with E-state index >= 15 is 0 Å². The molecule has 2 aromatic carbocycles. The van der Waals surface area contributed by atoms with E-state index in [4.69, 9.17) is 5.11 Å². The molecule has 2 aromatic rings. The Hall–Kier alpha value is -1.12. The molecular formula is C15H15BrO. The monoisotopic (exact) mass is 290 g/mol. The molecule has 0 aliphatic rings. The Kier molecular flexibility index (Phi) is 4.35. The molecule has 0 aromatic heterocycles. The fraction of sp³-hybridized carbons (Fsp3) is 0.200. The first-order valence-electron chi connectivity index (χ1n) is 5.71. The zero-order valence-electron chi connectivity index (χ0n) is 9.57. The van der Waals surface area contributed by atoms with Gasteiger partial charge in [0, 0.05) is 11.1 Å². The van der Waals surface area contributed by atoms with Gasteiger partial charge in [0.2, 0.25) is 0 Å².